The van der Waals surface area contributed by atoms with Crippen LogP contribution in [0.25, 0.3) is 0 Å². The molecule has 2 rings (SSSR count). The molecule has 0 aromatic carbocycles. The summed E-state index contributed by atoms with van der Waals surface area (Å²) < 4.78 is 0. The van der Waals surface area contributed by atoms with E-state index >= 15 is 0 Å². The van der Waals surface area contributed by atoms with Crippen LogP contribution in [0.5, 0.6) is 0 Å². The number of carbonyl (C=O) groups is 1. The normalized spacial score (nSPS) is 16.5. The monoisotopic (exact) mass is 292 g/mol. The second-order valence-electron chi connectivity index (χ2n) is 5.60. The van der Waals surface area contributed by atoms with E-state index in [2.05, 4.69) is 15.6 Å². The van der Waals surface area contributed by atoms with Crippen LogP contribution in [-0.2, 0) is 0 Å². The molecule has 2 N–H and O–H groups in total. The molecule has 0 unspecified atom stereocenters. The van der Waals surface area contributed by atoms with Gasteiger partial charge in [-0.2, -0.15) is 0 Å². The molecule has 114 valence electrons. The lowest BCUT2D eigenvalue weighted by Gasteiger charge is -2.25. The fraction of sp³-hybridized carbons (Fsp3) is 0.571. The number of pyridine rings is 1. The number of rotatable bonds is 5. The number of anilines is 1. The van der Waals surface area contributed by atoms with Gasteiger partial charge in [-0.1, -0.05) is 12.8 Å². The minimum atomic E-state index is -0.545. The summed E-state index contributed by atoms with van der Waals surface area (Å²) in [6.45, 7) is 4.47. The zero-order valence-electron chi connectivity index (χ0n) is 12.3. The Labute approximate surface area is 123 Å². The average Bonchev–Trinajstić information content (AvgIpc) is 2.85. The Balaban J connectivity index is 2.28. The first-order valence-corrected chi connectivity index (χ1v) is 7.16. The van der Waals surface area contributed by atoms with Gasteiger partial charge in [0.2, 0.25) is 0 Å². The Morgan fingerprint density at radius 3 is 2.71 bits per heavy atom. The number of nitrogens with one attached hydrogen (secondary N) is 2. The van der Waals surface area contributed by atoms with Crippen LogP contribution in [0.1, 0.15) is 49.9 Å². The van der Waals surface area contributed by atoms with E-state index in [0.29, 0.717) is 12.4 Å². The lowest BCUT2D eigenvalue weighted by molar-refractivity contribution is -0.385. The number of nitrogens with zero attached hydrogens (tertiary/aromatic N) is 2. The van der Waals surface area contributed by atoms with Gasteiger partial charge >= 0.3 is 0 Å². The van der Waals surface area contributed by atoms with Crippen molar-refractivity contribution in [3.05, 3.63) is 27.9 Å². The highest BCUT2D eigenvalue weighted by Gasteiger charge is 2.31. The lowest BCUT2D eigenvalue weighted by atomic mass is 10.00. The van der Waals surface area contributed by atoms with Crippen molar-refractivity contribution in [1.82, 2.24) is 10.3 Å². The number of aromatic nitrogens is 1. The minimum absolute atomic E-state index is 0.182. The van der Waals surface area contributed by atoms with Gasteiger partial charge in [0.05, 0.1) is 10.5 Å². The van der Waals surface area contributed by atoms with Gasteiger partial charge in [0.1, 0.15) is 12.0 Å². The molecule has 1 aromatic rings. The van der Waals surface area contributed by atoms with Crippen LogP contribution >= 0.6 is 0 Å². The quantitative estimate of drug-likeness (QED) is 0.642. The molecule has 1 aromatic heterocycles. The molecule has 0 radical (unpaired) electrons. The van der Waals surface area contributed by atoms with Crippen molar-refractivity contribution in [1.29, 1.82) is 0 Å². The molecule has 1 amide bonds. The molecular formula is C14H20N4O3. The van der Waals surface area contributed by atoms with E-state index in [4.69, 9.17) is 0 Å². The van der Waals surface area contributed by atoms with Crippen LogP contribution in [0.15, 0.2) is 12.3 Å². The predicted molar refractivity (Wildman–Crippen MR) is 79.4 cm³/mol. The molecule has 1 fully saturated rings. The van der Waals surface area contributed by atoms with E-state index in [-0.39, 0.29) is 22.7 Å². The Kier molecular flexibility index (Phi) is 4.40. The van der Waals surface area contributed by atoms with Gasteiger partial charge in [-0.15, -0.1) is 0 Å². The van der Waals surface area contributed by atoms with Crippen LogP contribution in [-0.4, -0.2) is 27.9 Å². The minimum Gasteiger partial charge on any atom is -0.370 e. The number of carbonyl (C=O) groups excluding carboxylic acids is 1. The van der Waals surface area contributed by atoms with Crippen LogP contribution in [0, 0.1) is 10.1 Å². The summed E-state index contributed by atoms with van der Waals surface area (Å²) in [6.07, 6.45) is 5.19. The summed E-state index contributed by atoms with van der Waals surface area (Å²) in [4.78, 5) is 26.8. The maximum atomic E-state index is 12.5. The zero-order chi connectivity index (χ0) is 15.5. The standard InChI is InChI=1S/C14H20N4O3/c1-3-15-12-11(8-10(9-16-12)18(20)21)13(19)17-14(2)6-4-5-7-14/h8-9H,3-7H2,1-2H3,(H,15,16)(H,17,19). The maximum absolute atomic E-state index is 12.5. The van der Waals surface area contributed by atoms with Gasteiger partial charge in [0, 0.05) is 18.2 Å². The first-order chi connectivity index (χ1) is 9.95. The second kappa shape index (κ2) is 6.07. The van der Waals surface area contributed by atoms with Crippen LogP contribution in [0.4, 0.5) is 11.5 Å². The summed E-state index contributed by atoms with van der Waals surface area (Å²) >= 11 is 0. The van der Waals surface area contributed by atoms with E-state index in [9.17, 15) is 14.9 Å². The SMILES string of the molecule is CCNc1ncc([N+](=O)[O-])cc1C(=O)NC1(C)CCCC1. The number of nitro groups is 1. The topological polar surface area (TPSA) is 97.2 Å². The third-order valence-electron chi connectivity index (χ3n) is 3.80. The van der Waals surface area contributed by atoms with Gasteiger partial charge in [0.15, 0.2) is 0 Å². The van der Waals surface area contributed by atoms with E-state index in [1.807, 2.05) is 13.8 Å². The van der Waals surface area contributed by atoms with Crippen LogP contribution in [0.3, 0.4) is 0 Å². The van der Waals surface area contributed by atoms with E-state index < -0.39 is 4.92 Å². The fourth-order valence-corrected chi connectivity index (χ4v) is 2.66. The molecule has 7 heteroatoms. The molecule has 21 heavy (non-hydrogen) atoms. The Hall–Kier alpha value is -2.18. The molecule has 1 aliphatic rings. The molecule has 0 aliphatic heterocycles. The molecule has 0 spiro atoms. The Morgan fingerprint density at radius 1 is 1.48 bits per heavy atom. The van der Waals surface area contributed by atoms with Gasteiger partial charge in [-0.25, -0.2) is 4.98 Å². The third-order valence-corrected chi connectivity index (χ3v) is 3.80. The summed E-state index contributed by atoms with van der Waals surface area (Å²) in [5.41, 5.74) is -0.192. The van der Waals surface area contributed by atoms with Crippen molar-refractivity contribution in [2.24, 2.45) is 0 Å². The van der Waals surface area contributed by atoms with Gasteiger partial charge in [-0.3, -0.25) is 14.9 Å². The lowest BCUT2D eigenvalue weighted by Crippen LogP contribution is -2.43. The summed E-state index contributed by atoms with van der Waals surface area (Å²) in [5.74, 6) is 0.0637. The van der Waals surface area contributed by atoms with Crippen LogP contribution in [0.2, 0.25) is 0 Å². The zero-order valence-corrected chi connectivity index (χ0v) is 12.3. The van der Waals surface area contributed by atoms with Gasteiger partial charge < -0.3 is 10.6 Å². The third kappa shape index (κ3) is 3.48. The highest BCUT2D eigenvalue weighted by Crippen LogP contribution is 2.30. The highest BCUT2D eigenvalue weighted by molar-refractivity contribution is 5.99. The fourth-order valence-electron chi connectivity index (χ4n) is 2.66. The van der Waals surface area contributed by atoms with Crippen molar-refractivity contribution >= 4 is 17.4 Å². The largest absolute Gasteiger partial charge is 0.370 e. The molecular weight excluding hydrogens is 272 g/mol. The number of hydrogen-bond acceptors (Lipinski definition) is 5. The molecule has 1 saturated carbocycles. The Morgan fingerprint density at radius 2 is 2.14 bits per heavy atom. The first-order valence-electron chi connectivity index (χ1n) is 7.16. The molecule has 0 atom stereocenters. The summed E-state index contributed by atoms with van der Waals surface area (Å²) in [6, 6.07) is 1.28. The van der Waals surface area contributed by atoms with Gasteiger partial charge in [0.25, 0.3) is 11.6 Å². The molecule has 0 bridgehead atoms. The number of hydrogen-bond donors (Lipinski definition) is 2. The molecule has 7 nitrogen and oxygen atoms in total. The highest BCUT2D eigenvalue weighted by atomic mass is 16.6. The average molecular weight is 292 g/mol. The van der Waals surface area contributed by atoms with Crippen molar-refractivity contribution in [2.45, 2.75) is 45.1 Å². The maximum Gasteiger partial charge on any atom is 0.288 e. The second-order valence-corrected chi connectivity index (χ2v) is 5.60. The first kappa shape index (κ1) is 15.2. The predicted octanol–water partition coefficient (Wildman–Crippen LogP) is 2.48. The number of amides is 1. The van der Waals surface area contributed by atoms with Crippen molar-refractivity contribution in [3.63, 3.8) is 0 Å². The van der Waals surface area contributed by atoms with Crippen LogP contribution < -0.4 is 10.6 Å². The summed E-state index contributed by atoms with van der Waals surface area (Å²) in [5, 5.41) is 16.8. The molecule has 0 saturated heterocycles. The van der Waals surface area contributed by atoms with Crippen molar-refractivity contribution in [3.8, 4) is 0 Å². The Bertz CT molecular complexity index is 553. The van der Waals surface area contributed by atoms with Gasteiger partial charge in [-0.05, 0) is 26.7 Å². The van der Waals surface area contributed by atoms with E-state index in [0.717, 1.165) is 31.9 Å². The summed E-state index contributed by atoms with van der Waals surface area (Å²) in [7, 11) is 0. The van der Waals surface area contributed by atoms with E-state index in [1.165, 1.54) is 6.07 Å². The smallest absolute Gasteiger partial charge is 0.288 e. The van der Waals surface area contributed by atoms with Crippen molar-refractivity contribution in [2.75, 3.05) is 11.9 Å². The van der Waals surface area contributed by atoms with Crippen molar-refractivity contribution < 1.29 is 9.72 Å². The molecule has 1 heterocycles. The molecule has 1 aliphatic carbocycles. The van der Waals surface area contributed by atoms with E-state index in [1.54, 1.807) is 0 Å².